The lowest BCUT2D eigenvalue weighted by Gasteiger charge is -2.23. The van der Waals surface area contributed by atoms with E-state index in [9.17, 15) is 4.79 Å². The summed E-state index contributed by atoms with van der Waals surface area (Å²) in [5, 5.41) is 17.1. The van der Waals surface area contributed by atoms with Gasteiger partial charge in [-0.25, -0.2) is 0 Å². The lowest BCUT2D eigenvalue weighted by Crippen LogP contribution is -2.46. The van der Waals surface area contributed by atoms with Crippen LogP contribution in [-0.4, -0.2) is 44.4 Å². The molecule has 24 heavy (non-hydrogen) atoms. The molecule has 1 aromatic heterocycles. The third-order valence-electron chi connectivity index (χ3n) is 4.31. The number of hydrogen-bond donors (Lipinski definition) is 1. The van der Waals surface area contributed by atoms with Gasteiger partial charge in [-0.2, -0.15) is 5.26 Å². The van der Waals surface area contributed by atoms with E-state index in [2.05, 4.69) is 16.4 Å². The van der Waals surface area contributed by atoms with Gasteiger partial charge in [0.2, 0.25) is 5.91 Å². The standard InChI is InChI=1S/C17H20N6O/c1-22-11-16(20-21-22)13-6-4-12(5-7-13)9-15(19)17(24)23-8-2-3-14(23)10-18/h4-7,11,14-15H,2-3,8-9,19H2,1H3/t14-,15-/m0/s1. The molecule has 0 unspecified atom stereocenters. The monoisotopic (exact) mass is 324 g/mol. The second-order valence-corrected chi connectivity index (χ2v) is 6.10. The SMILES string of the molecule is Cn1cc(-c2ccc(C[C@H](N)C(=O)N3CCC[C@H]3C#N)cc2)nn1. The molecule has 2 N–H and O–H groups in total. The van der Waals surface area contributed by atoms with Crippen molar-refractivity contribution in [2.24, 2.45) is 12.8 Å². The molecule has 124 valence electrons. The largest absolute Gasteiger partial charge is 0.325 e. The smallest absolute Gasteiger partial charge is 0.240 e. The highest BCUT2D eigenvalue weighted by Gasteiger charge is 2.31. The van der Waals surface area contributed by atoms with Crippen LogP contribution in [0.3, 0.4) is 0 Å². The first-order valence-corrected chi connectivity index (χ1v) is 8.00. The molecule has 1 aliphatic rings. The van der Waals surface area contributed by atoms with E-state index in [1.165, 1.54) is 0 Å². The van der Waals surface area contributed by atoms with E-state index in [-0.39, 0.29) is 11.9 Å². The first-order chi connectivity index (χ1) is 11.6. The number of hydrogen-bond acceptors (Lipinski definition) is 5. The quantitative estimate of drug-likeness (QED) is 0.899. The molecule has 1 saturated heterocycles. The van der Waals surface area contributed by atoms with Crippen molar-refractivity contribution in [2.75, 3.05) is 6.54 Å². The number of amides is 1. The van der Waals surface area contributed by atoms with Crippen LogP contribution in [0.2, 0.25) is 0 Å². The van der Waals surface area contributed by atoms with Crippen molar-refractivity contribution in [3.63, 3.8) is 0 Å². The summed E-state index contributed by atoms with van der Waals surface area (Å²) in [6.45, 7) is 0.621. The third kappa shape index (κ3) is 3.29. The van der Waals surface area contributed by atoms with Gasteiger partial charge in [0.1, 0.15) is 11.7 Å². The minimum atomic E-state index is -0.624. The van der Waals surface area contributed by atoms with E-state index >= 15 is 0 Å². The summed E-state index contributed by atoms with van der Waals surface area (Å²) in [6.07, 6.45) is 3.90. The van der Waals surface area contributed by atoms with E-state index in [0.29, 0.717) is 13.0 Å². The van der Waals surface area contributed by atoms with Crippen molar-refractivity contribution in [3.8, 4) is 17.3 Å². The highest BCUT2D eigenvalue weighted by atomic mass is 16.2. The Kier molecular flexibility index (Phi) is 4.58. The Balaban J connectivity index is 1.65. The van der Waals surface area contributed by atoms with Gasteiger partial charge in [-0.05, 0) is 24.8 Å². The second-order valence-electron chi connectivity index (χ2n) is 6.10. The zero-order chi connectivity index (χ0) is 17.1. The molecule has 1 amide bonds. The maximum absolute atomic E-state index is 12.4. The predicted molar refractivity (Wildman–Crippen MR) is 88.5 cm³/mol. The number of carbonyl (C=O) groups excluding carboxylic acids is 1. The Labute approximate surface area is 140 Å². The molecule has 2 heterocycles. The van der Waals surface area contributed by atoms with Crippen molar-refractivity contribution in [1.82, 2.24) is 19.9 Å². The predicted octanol–water partition coefficient (Wildman–Crippen LogP) is 0.866. The molecule has 0 aliphatic carbocycles. The van der Waals surface area contributed by atoms with Crippen LogP contribution in [0.4, 0.5) is 0 Å². The molecule has 2 aromatic rings. The summed E-state index contributed by atoms with van der Waals surface area (Å²) in [5.74, 6) is -0.142. The average molecular weight is 324 g/mol. The molecule has 0 saturated carbocycles. The Hall–Kier alpha value is -2.72. The fraction of sp³-hybridized carbons (Fsp3) is 0.412. The van der Waals surface area contributed by atoms with Crippen LogP contribution in [0, 0.1) is 11.3 Å². The minimum Gasteiger partial charge on any atom is -0.325 e. The maximum atomic E-state index is 12.4. The second kappa shape index (κ2) is 6.81. The van der Waals surface area contributed by atoms with Crippen molar-refractivity contribution >= 4 is 5.91 Å². The first-order valence-electron chi connectivity index (χ1n) is 8.00. The molecule has 0 spiro atoms. The van der Waals surface area contributed by atoms with Crippen molar-refractivity contribution in [3.05, 3.63) is 36.0 Å². The molecule has 7 heteroatoms. The summed E-state index contributed by atoms with van der Waals surface area (Å²) in [7, 11) is 1.82. The number of nitrogens with zero attached hydrogens (tertiary/aromatic N) is 5. The van der Waals surface area contributed by atoms with E-state index in [1.807, 2.05) is 37.5 Å². The molecule has 2 atom stereocenters. The number of nitriles is 1. The van der Waals surface area contributed by atoms with Crippen LogP contribution in [0.5, 0.6) is 0 Å². The zero-order valence-electron chi connectivity index (χ0n) is 13.6. The van der Waals surface area contributed by atoms with Gasteiger partial charge in [0.05, 0.1) is 18.3 Å². The summed E-state index contributed by atoms with van der Waals surface area (Å²) in [4.78, 5) is 14.0. The number of likely N-dealkylation sites (tertiary alicyclic amines) is 1. The van der Waals surface area contributed by atoms with E-state index < -0.39 is 6.04 Å². The van der Waals surface area contributed by atoms with Crippen LogP contribution in [-0.2, 0) is 18.3 Å². The maximum Gasteiger partial charge on any atom is 0.240 e. The van der Waals surface area contributed by atoms with Gasteiger partial charge >= 0.3 is 0 Å². The first kappa shape index (κ1) is 16.1. The summed E-state index contributed by atoms with van der Waals surface area (Å²) < 4.78 is 1.65. The fourth-order valence-corrected chi connectivity index (χ4v) is 3.01. The van der Waals surface area contributed by atoms with Gasteiger partial charge in [0, 0.05) is 19.2 Å². The van der Waals surface area contributed by atoms with Gasteiger partial charge in [-0.1, -0.05) is 29.5 Å². The molecule has 1 fully saturated rings. The Bertz CT molecular complexity index is 760. The molecule has 1 aliphatic heterocycles. The van der Waals surface area contributed by atoms with Gasteiger partial charge in [0.15, 0.2) is 0 Å². The third-order valence-corrected chi connectivity index (χ3v) is 4.31. The molecule has 3 rings (SSSR count). The highest BCUT2D eigenvalue weighted by molar-refractivity contribution is 5.83. The Morgan fingerprint density at radius 2 is 2.21 bits per heavy atom. The number of carbonyl (C=O) groups is 1. The molecule has 7 nitrogen and oxygen atoms in total. The topological polar surface area (TPSA) is 101 Å². The molecule has 0 radical (unpaired) electrons. The van der Waals surface area contributed by atoms with Gasteiger partial charge in [-0.15, -0.1) is 5.10 Å². The molecular formula is C17H20N6O. The lowest BCUT2D eigenvalue weighted by molar-refractivity contribution is -0.132. The lowest BCUT2D eigenvalue weighted by atomic mass is 10.0. The van der Waals surface area contributed by atoms with E-state index in [0.717, 1.165) is 29.7 Å². The van der Waals surface area contributed by atoms with Gasteiger partial charge < -0.3 is 10.6 Å². The number of benzene rings is 1. The van der Waals surface area contributed by atoms with Crippen LogP contribution in [0.15, 0.2) is 30.5 Å². The number of nitrogens with two attached hydrogens (primary N) is 1. The summed E-state index contributed by atoms with van der Waals surface area (Å²) in [6, 6.07) is 9.01. The van der Waals surface area contributed by atoms with E-state index in [1.54, 1.807) is 9.58 Å². The van der Waals surface area contributed by atoms with Gasteiger partial charge in [-0.3, -0.25) is 9.48 Å². The van der Waals surface area contributed by atoms with Crippen LogP contribution < -0.4 is 5.73 Å². The number of aryl methyl sites for hydroxylation is 1. The van der Waals surface area contributed by atoms with Crippen molar-refractivity contribution in [2.45, 2.75) is 31.3 Å². The van der Waals surface area contributed by atoms with Crippen LogP contribution in [0.25, 0.3) is 11.3 Å². The van der Waals surface area contributed by atoms with Crippen LogP contribution >= 0.6 is 0 Å². The normalized spacial score (nSPS) is 18.4. The summed E-state index contributed by atoms with van der Waals surface area (Å²) in [5.41, 5.74) is 8.83. The minimum absolute atomic E-state index is 0.142. The van der Waals surface area contributed by atoms with Crippen molar-refractivity contribution in [1.29, 1.82) is 5.26 Å². The number of rotatable bonds is 4. The van der Waals surface area contributed by atoms with Crippen LogP contribution in [0.1, 0.15) is 18.4 Å². The molecule has 1 aromatic carbocycles. The summed E-state index contributed by atoms with van der Waals surface area (Å²) >= 11 is 0. The Morgan fingerprint density at radius 1 is 1.46 bits per heavy atom. The van der Waals surface area contributed by atoms with Crippen molar-refractivity contribution < 1.29 is 4.79 Å². The zero-order valence-corrected chi connectivity index (χ0v) is 13.6. The molecule has 0 bridgehead atoms. The number of aromatic nitrogens is 3. The van der Waals surface area contributed by atoms with E-state index in [4.69, 9.17) is 11.0 Å². The van der Waals surface area contributed by atoms with Gasteiger partial charge in [0.25, 0.3) is 0 Å². The Morgan fingerprint density at radius 3 is 2.83 bits per heavy atom. The fourth-order valence-electron chi connectivity index (χ4n) is 3.01. The average Bonchev–Trinajstić information content (AvgIpc) is 3.23. The highest BCUT2D eigenvalue weighted by Crippen LogP contribution is 2.20. The molecular weight excluding hydrogens is 304 g/mol.